The van der Waals surface area contributed by atoms with Gasteiger partial charge in [0, 0.05) is 18.3 Å². The number of hydrogen-bond donors (Lipinski definition) is 1. The Labute approximate surface area is 97.5 Å². The fourth-order valence-electron chi connectivity index (χ4n) is 2.00. The smallest absolute Gasteiger partial charge is 0.353 e. The third-order valence-electron chi connectivity index (χ3n) is 2.82. The molecule has 1 rings (SSSR count). The molecule has 1 aliphatic rings. The molecule has 2 unspecified atom stereocenters. The van der Waals surface area contributed by atoms with E-state index in [9.17, 15) is 18.0 Å². The number of halogens is 4. The van der Waals surface area contributed by atoms with Crippen molar-refractivity contribution in [3.8, 4) is 0 Å². The highest BCUT2D eigenvalue weighted by atomic mass is 35.5. The van der Waals surface area contributed by atoms with Crippen LogP contribution in [0.25, 0.3) is 0 Å². The van der Waals surface area contributed by atoms with Crippen LogP contribution in [0.5, 0.6) is 0 Å². The van der Waals surface area contributed by atoms with Crippen molar-refractivity contribution < 1.29 is 18.0 Å². The quantitative estimate of drug-likeness (QED) is 0.774. The molecule has 2 atom stereocenters. The van der Waals surface area contributed by atoms with Gasteiger partial charge in [-0.2, -0.15) is 13.2 Å². The zero-order chi connectivity index (χ0) is 12.2. The standard InChI is InChI=1S/C10H15ClF3NO/c11-5-4-9(16)15-8-3-1-2-7(6-8)10(12,13)14/h7-8H,1-6H2,(H,15,16). The van der Waals surface area contributed by atoms with Gasteiger partial charge >= 0.3 is 6.18 Å². The molecule has 1 fully saturated rings. The average Bonchev–Trinajstić information content (AvgIpc) is 2.17. The van der Waals surface area contributed by atoms with Gasteiger partial charge in [0.2, 0.25) is 5.91 Å². The van der Waals surface area contributed by atoms with Crippen molar-refractivity contribution >= 4 is 17.5 Å². The van der Waals surface area contributed by atoms with Gasteiger partial charge < -0.3 is 5.32 Å². The van der Waals surface area contributed by atoms with Gasteiger partial charge in [-0.25, -0.2) is 0 Å². The molecule has 0 aromatic rings. The molecule has 0 spiro atoms. The molecule has 94 valence electrons. The minimum Gasteiger partial charge on any atom is -0.353 e. The lowest BCUT2D eigenvalue weighted by Gasteiger charge is -2.30. The first-order valence-corrected chi connectivity index (χ1v) is 5.89. The van der Waals surface area contributed by atoms with Gasteiger partial charge in [0.25, 0.3) is 0 Å². The Bertz CT molecular complexity index is 245. The molecule has 0 aromatic heterocycles. The summed E-state index contributed by atoms with van der Waals surface area (Å²) in [5, 5.41) is 2.60. The number of nitrogens with one attached hydrogen (secondary N) is 1. The predicted octanol–water partition coefficient (Wildman–Crippen LogP) is 2.85. The van der Waals surface area contributed by atoms with Crippen LogP contribution in [0, 0.1) is 5.92 Å². The van der Waals surface area contributed by atoms with E-state index in [2.05, 4.69) is 5.32 Å². The second-order valence-electron chi connectivity index (χ2n) is 4.11. The third-order valence-corrected chi connectivity index (χ3v) is 3.01. The van der Waals surface area contributed by atoms with Crippen molar-refractivity contribution in [2.45, 2.75) is 44.3 Å². The van der Waals surface area contributed by atoms with Crippen molar-refractivity contribution in [2.24, 2.45) is 5.92 Å². The molecule has 0 radical (unpaired) electrons. The molecule has 0 saturated heterocycles. The maximum Gasteiger partial charge on any atom is 0.391 e. The van der Waals surface area contributed by atoms with Gasteiger partial charge in [-0.1, -0.05) is 6.42 Å². The van der Waals surface area contributed by atoms with E-state index in [1.807, 2.05) is 0 Å². The number of rotatable bonds is 3. The molecule has 1 saturated carbocycles. The fourth-order valence-corrected chi connectivity index (χ4v) is 2.18. The summed E-state index contributed by atoms with van der Waals surface area (Å²) in [6.07, 6.45) is -2.68. The van der Waals surface area contributed by atoms with Gasteiger partial charge in [0.05, 0.1) is 5.92 Å². The predicted molar refractivity (Wildman–Crippen MR) is 55.3 cm³/mol. The summed E-state index contributed by atoms with van der Waals surface area (Å²) in [5.41, 5.74) is 0. The van der Waals surface area contributed by atoms with E-state index in [1.54, 1.807) is 0 Å². The number of carbonyl (C=O) groups is 1. The Hall–Kier alpha value is -0.450. The maximum absolute atomic E-state index is 12.5. The van der Waals surface area contributed by atoms with Crippen LogP contribution in [0.15, 0.2) is 0 Å². The monoisotopic (exact) mass is 257 g/mol. The number of alkyl halides is 4. The summed E-state index contributed by atoms with van der Waals surface area (Å²) in [6, 6.07) is -0.351. The first kappa shape index (κ1) is 13.6. The van der Waals surface area contributed by atoms with Gasteiger partial charge in [0.1, 0.15) is 0 Å². The third kappa shape index (κ3) is 4.20. The van der Waals surface area contributed by atoms with Crippen LogP contribution in [0.3, 0.4) is 0 Å². The summed E-state index contributed by atoms with van der Waals surface area (Å²) < 4.78 is 37.4. The lowest BCUT2D eigenvalue weighted by Crippen LogP contribution is -2.41. The van der Waals surface area contributed by atoms with E-state index in [-0.39, 0.29) is 37.1 Å². The van der Waals surface area contributed by atoms with Gasteiger partial charge in [-0.05, 0) is 19.3 Å². The SMILES string of the molecule is O=C(CCCl)NC1CCCC(C(F)(F)F)C1. The summed E-state index contributed by atoms with van der Waals surface area (Å²) >= 11 is 5.37. The Morgan fingerprint density at radius 1 is 1.38 bits per heavy atom. The first-order chi connectivity index (χ1) is 7.43. The van der Waals surface area contributed by atoms with Crippen LogP contribution >= 0.6 is 11.6 Å². The Morgan fingerprint density at radius 2 is 2.06 bits per heavy atom. The zero-order valence-electron chi connectivity index (χ0n) is 8.82. The topological polar surface area (TPSA) is 29.1 Å². The van der Waals surface area contributed by atoms with Gasteiger partial charge in [0.15, 0.2) is 0 Å². The van der Waals surface area contributed by atoms with Gasteiger partial charge in [-0.15, -0.1) is 11.6 Å². The van der Waals surface area contributed by atoms with Crippen molar-refractivity contribution in [1.82, 2.24) is 5.32 Å². The summed E-state index contributed by atoms with van der Waals surface area (Å²) in [7, 11) is 0. The highest BCUT2D eigenvalue weighted by molar-refractivity contribution is 6.18. The average molecular weight is 258 g/mol. The van der Waals surface area contributed by atoms with Crippen LogP contribution in [0.4, 0.5) is 13.2 Å². The Morgan fingerprint density at radius 3 is 2.62 bits per heavy atom. The molecular weight excluding hydrogens is 243 g/mol. The molecule has 0 heterocycles. The van der Waals surface area contributed by atoms with E-state index < -0.39 is 12.1 Å². The number of carbonyl (C=O) groups excluding carboxylic acids is 1. The van der Waals surface area contributed by atoms with Crippen LogP contribution in [0.2, 0.25) is 0 Å². The summed E-state index contributed by atoms with van der Waals surface area (Å²) in [5.74, 6) is -1.34. The lowest BCUT2D eigenvalue weighted by molar-refractivity contribution is -0.184. The lowest BCUT2D eigenvalue weighted by atomic mass is 9.85. The van der Waals surface area contributed by atoms with E-state index >= 15 is 0 Å². The normalized spacial score (nSPS) is 26.5. The van der Waals surface area contributed by atoms with E-state index in [0.29, 0.717) is 12.8 Å². The van der Waals surface area contributed by atoms with E-state index in [0.717, 1.165) is 0 Å². The molecular formula is C10H15ClF3NO. The van der Waals surface area contributed by atoms with Crippen molar-refractivity contribution in [2.75, 3.05) is 5.88 Å². The largest absolute Gasteiger partial charge is 0.391 e. The molecule has 6 heteroatoms. The Kier molecular flexibility index (Phi) is 4.89. The fraction of sp³-hybridized carbons (Fsp3) is 0.900. The molecule has 2 nitrogen and oxygen atoms in total. The molecule has 16 heavy (non-hydrogen) atoms. The summed E-state index contributed by atoms with van der Waals surface area (Å²) in [6.45, 7) is 0. The van der Waals surface area contributed by atoms with Gasteiger partial charge in [-0.3, -0.25) is 4.79 Å². The van der Waals surface area contributed by atoms with Crippen LogP contribution < -0.4 is 5.32 Å². The second kappa shape index (κ2) is 5.75. The van der Waals surface area contributed by atoms with E-state index in [4.69, 9.17) is 11.6 Å². The first-order valence-electron chi connectivity index (χ1n) is 5.35. The highest BCUT2D eigenvalue weighted by Crippen LogP contribution is 2.37. The van der Waals surface area contributed by atoms with Crippen molar-refractivity contribution in [3.63, 3.8) is 0 Å². The minimum atomic E-state index is -4.14. The van der Waals surface area contributed by atoms with Crippen molar-refractivity contribution in [3.05, 3.63) is 0 Å². The summed E-state index contributed by atoms with van der Waals surface area (Å²) in [4.78, 5) is 11.2. The highest BCUT2D eigenvalue weighted by Gasteiger charge is 2.42. The van der Waals surface area contributed by atoms with Crippen molar-refractivity contribution in [1.29, 1.82) is 0 Å². The zero-order valence-corrected chi connectivity index (χ0v) is 9.57. The number of hydrogen-bond acceptors (Lipinski definition) is 1. The van der Waals surface area contributed by atoms with Crippen LogP contribution in [0.1, 0.15) is 32.1 Å². The maximum atomic E-state index is 12.5. The Balaban J connectivity index is 2.42. The number of amides is 1. The molecule has 1 aliphatic carbocycles. The van der Waals surface area contributed by atoms with E-state index in [1.165, 1.54) is 0 Å². The molecule has 0 aromatic carbocycles. The second-order valence-corrected chi connectivity index (χ2v) is 4.49. The molecule has 0 bridgehead atoms. The molecule has 1 amide bonds. The molecule has 1 N–H and O–H groups in total. The van der Waals surface area contributed by atoms with Crippen LogP contribution in [-0.4, -0.2) is 24.0 Å². The minimum absolute atomic E-state index is 0.00245. The van der Waals surface area contributed by atoms with Crippen LogP contribution in [-0.2, 0) is 4.79 Å². The molecule has 0 aliphatic heterocycles.